The number of nitrogens with one attached hydrogen (secondary N) is 1. The molecule has 0 aromatic carbocycles. The molecular weight excluding hydrogens is 236 g/mol. The standard InChI is InChI=1S/C10H18N6O2/c1-18-10-13-8(15-11)12-9(14-10)16-4-2-7(6-16)3-5-17/h7,17H,2-6,11H2,1H3,(H,12,13,14,15). The molecule has 100 valence electrons. The van der Waals surface area contributed by atoms with Crippen molar-refractivity contribution in [1.29, 1.82) is 0 Å². The van der Waals surface area contributed by atoms with Crippen LogP contribution in [0, 0.1) is 5.92 Å². The summed E-state index contributed by atoms with van der Waals surface area (Å²) in [6.45, 7) is 1.91. The Morgan fingerprint density at radius 2 is 2.33 bits per heavy atom. The van der Waals surface area contributed by atoms with Gasteiger partial charge in [0.1, 0.15) is 0 Å². The Bertz CT molecular complexity index is 380. The lowest BCUT2D eigenvalue weighted by atomic mass is 10.1. The van der Waals surface area contributed by atoms with Gasteiger partial charge in [0.05, 0.1) is 7.11 Å². The number of aliphatic hydroxyl groups excluding tert-OH is 1. The van der Waals surface area contributed by atoms with Gasteiger partial charge in [-0.3, -0.25) is 5.43 Å². The van der Waals surface area contributed by atoms with E-state index in [0.29, 0.717) is 11.9 Å². The number of hydrogen-bond acceptors (Lipinski definition) is 8. The molecule has 1 aromatic heterocycles. The number of anilines is 2. The van der Waals surface area contributed by atoms with Gasteiger partial charge in [-0.15, -0.1) is 0 Å². The molecule has 4 N–H and O–H groups in total. The Morgan fingerprint density at radius 3 is 3.00 bits per heavy atom. The molecule has 1 aromatic rings. The van der Waals surface area contributed by atoms with E-state index >= 15 is 0 Å². The highest BCUT2D eigenvalue weighted by Gasteiger charge is 2.24. The zero-order valence-corrected chi connectivity index (χ0v) is 10.3. The van der Waals surface area contributed by atoms with Crippen molar-refractivity contribution < 1.29 is 9.84 Å². The minimum Gasteiger partial charge on any atom is -0.467 e. The molecule has 8 nitrogen and oxygen atoms in total. The van der Waals surface area contributed by atoms with Gasteiger partial charge in [-0.25, -0.2) is 5.84 Å². The normalized spacial score (nSPS) is 19.1. The fourth-order valence-electron chi connectivity index (χ4n) is 2.08. The van der Waals surface area contributed by atoms with Crippen molar-refractivity contribution in [2.24, 2.45) is 11.8 Å². The largest absolute Gasteiger partial charge is 0.467 e. The number of rotatable bonds is 5. The third-order valence-electron chi connectivity index (χ3n) is 3.02. The number of aromatic nitrogens is 3. The van der Waals surface area contributed by atoms with E-state index < -0.39 is 0 Å². The zero-order chi connectivity index (χ0) is 13.0. The summed E-state index contributed by atoms with van der Waals surface area (Å²) in [6.07, 6.45) is 1.83. The first-order valence-corrected chi connectivity index (χ1v) is 5.89. The van der Waals surface area contributed by atoms with Crippen LogP contribution in [0.2, 0.25) is 0 Å². The predicted octanol–water partition coefficient (Wildman–Crippen LogP) is -0.625. The fraction of sp³-hybridized carbons (Fsp3) is 0.700. The molecule has 1 aliphatic heterocycles. The van der Waals surface area contributed by atoms with Gasteiger partial charge in [-0.05, 0) is 18.8 Å². The van der Waals surface area contributed by atoms with E-state index in [2.05, 4.69) is 20.4 Å². The van der Waals surface area contributed by atoms with Crippen LogP contribution in [0.25, 0.3) is 0 Å². The Balaban J connectivity index is 2.13. The predicted molar refractivity (Wildman–Crippen MR) is 66.2 cm³/mol. The molecule has 0 saturated carbocycles. The van der Waals surface area contributed by atoms with E-state index in [1.807, 2.05) is 4.90 Å². The summed E-state index contributed by atoms with van der Waals surface area (Å²) in [5, 5.41) is 8.94. The van der Waals surface area contributed by atoms with Crippen LogP contribution < -0.4 is 20.9 Å². The Labute approximate surface area is 105 Å². The van der Waals surface area contributed by atoms with Crippen LogP contribution >= 0.6 is 0 Å². The highest BCUT2D eigenvalue weighted by Crippen LogP contribution is 2.24. The molecular formula is C10H18N6O2. The van der Waals surface area contributed by atoms with Crippen LogP contribution in [-0.4, -0.2) is 46.9 Å². The van der Waals surface area contributed by atoms with Gasteiger partial charge in [0.2, 0.25) is 11.9 Å². The monoisotopic (exact) mass is 254 g/mol. The van der Waals surface area contributed by atoms with E-state index in [4.69, 9.17) is 15.7 Å². The fourth-order valence-corrected chi connectivity index (χ4v) is 2.08. The number of hydrazine groups is 1. The SMILES string of the molecule is COc1nc(NN)nc(N2CCC(CCO)C2)n1. The van der Waals surface area contributed by atoms with Gasteiger partial charge in [0.15, 0.2) is 0 Å². The van der Waals surface area contributed by atoms with Crippen molar-refractivity contribution in [2.45, 2.75) is 12.8 Å². The molecule has 1 fully saturated rings. The quantitative estimate of drug-likeness (QED) is 0.471. The van der Waals surface area contributed by atoms with Crippen molar-refractivity contribution in [3.8, 4) is 6.01 Å². The van der Waals surface area contributed by atoms with Gasteiger partial charge in [0, 0.05) is 19.7 Å². The maximum Gasteiger partial charge on any atom is 0.322 e. The van der Waals surface area contributed by atoms with E-state index in [1.165, 1.54) is 7.11 Å². The smallest absolute Gasteiger partial charge is 0.322 e. The van der Waals surface area contributed by atoms with Crippen molar-refractivity contribution in [2.75, 3.05) is 37.1 Å². The molecule has 1 atom stereocenters. The first-order valence-electron chi connectivity index (χ1n) is 5.89. The minimum absolute atomic E-state index is 0.217. The summed E-state index contributed by atoms with van der Waals surface area (Å²) in [7, 11) is 1.50. The molecule has 8 heteroatoms. The second-order valence-corrected chi connectivity index (χ2v) is 4.20. The molecule has 0 amide bonds. The Hall–Kier alpha value is -1.67. The average Bonchev–Trinajstić information content (AvgIpc) is 2.87. The van der Waals surface area contributed by atoms with E-state index in [1.54, 1.807) is 0 Å². The number of aliphatic hydroxyl groups is 1. The van der Waals surface area contributed by atoms with Crippen LogP contribution in [0.15, 0.2) is 0 Å². The summed E-state index contributed by atoms with van der Waals surface area (Å²) in [5.41, 5.74) is 2.39. The number of ether oxygens (including phenoxy) is 1. The number of nitrogens with zero attached hydrogens (tertiary/aromatic N) is 4. The zero-order valence-electron chi connectivity index (χ0n) is 10.3. The molecule has 0 spiro atoms. The molecule has 2 rings (SSSR count). The Kier molecular flexibility index (Phi) is 4.11. The summed E-state index contributed by atoms with van der Waals surface area (Å²) < 4.78 is 5.01. The van der Waals surface area contributed by atoms with Gasteiger partial charge in [-0.1, -0.05) is 0 Å². The number of hydrogen-bond donors (Lipinski definition) is 3. The second-order valence-electron chi connectivity index (χ2n) is 4.20. The topological polar surface area (TPSA) is 109 Å². The van der Waals surface area contributed by atoms with Crippen LogP contribution in [0.5, 0.6) is 6.01 Å². The number of nitrogen functional groups attached to an aromatic ring is 1. The summed E-state index contributed by atoms with van der Waals surface area (Å²) >= 11 is 0. The minimum atomic E-state index is 0.217. The summed E-state index contributed by atoms with van der Waals surface area (Å²) in [5.74, 6) is 6.62. The third-order valence-corrected chi connectivity index (χ3v) is 3.02. The van der Waals surface area contributed by atoms with Gasteiger partial charge < -0.3 is 14.7 Å². The average molecular weight is 254 g/mol. The van der Waals surface area contributed by atoms with Crippen molar-refractivity contribution in [1.82, 2.24) is 15.0 Å². The molecule has 2 heterocycles. The lowest BCUT2D eigenvalue weighted by Gasteiger charge is -2.17. The summed E-state index contributed by atoms with van der Waals surface area (Å²) in [6, 6.07) is 0.235. The van der Waals surface area contributed by atoms with E-state index in [0.717, 1.165) is 25.9 Å². The van der Waals surface area contributed by atoms with E-state index in [-0.39, 0.29) is 18.6 Å². The molecule has 1 unspecified atom stereocenters. The van der Waals surface area contributed by atoms with Gasteiger partial charge in [0.25, 0.3) is 0 Å². The lowest BCUT2D eigenvalue weighted by Crippen LogP contribution is -2.24. The molecule has 1 saturated heterocycles. The highest BCUT2D eigenvalue weighted by atomic mass is 16.5. The first kappa shape index (κ1) is 12.8. The summed E-state index contributed by atoms with van der Waals surface area (Å²) in [4.78, 5) is 14.4. The maximum absolute atomic E-state index is 8.94. The number of nitrogens with two attached hydrogens (primary N) is 1. The number of methoxy groups -OCH3 is 1. The lowest BCUT2D eigenvalue weighted by molar-refractivity contribution is 0.263. The molecule has 18 heavy (non-hydrogen) atoms. The van der Waals surface area contributed by atoms with Crippen molar-refractivity contribution >= 4 is 11.9 Å². The van der Waals surface area contributed by atoms with Crippen LogP contribution in [0.3, 0.4) is 0 Å². The third kappa shape index (κ3) is 2.77. The highest BCUT2D eigenvalue weighted by molar-refractivity contribution is 5.38. The Morgan fingerprint density at radius 1 is 1.50 bits per heavy atom. The van der Waals surface area contributed by atoms with Gasteiger partial charge >= 0.3 is 6.01 Å². The maximum atomic E-state index is 8.94. The first-order chi connectivity index (χ1) is 8.76. The molecule has 0 radical (unpaired) electrons. The molecule has 0 aliphatic carbocycles. The van der Waals surface area contributed by atoms with E-state index in [9.17, 15) is 0 Å². The van der Waals surface area contributed by atoms with Crippen LogP contribution in [0.1, 0.15) is 12.8 Å². The van der Waals surface area contributed by atoms with Crippen molar-refractivity contribution in [3.63, 3.8) is 0 Å². The molecule has 1 aliphatic rings. The van der Waals surface area contributed by atoms with Crippen molar-refractivity contribution in [3.05, 3.63) is 0 Å². The second kappa shape index (κ2) is 5.78. The van der Waals surface area contributed by atoms with Crippen LogP contribution in [-0.2, 0) is 0 Å². The van der Waals surface area contributed by atoms with Crippen LogP contribution in [0.4, 0.5) is 11.9 Å². The van der Waals surface area contributed by atoms with Gasteiger partial charge in [-0.2, -0.15) is 15.0 Å². The molecule has 0 bridgehead atoms.